The number of carbonyl (C=O) groups excluding carboxylic acids is 4. The quantitative estimate of drug-likeness (QED) is 0.0922. The summed E-state index contributed by atoms with van der Waals surface area (Å²) in [6.07, 6.45) is 0.217. The van der Waals surface area contributed by atoms with Gasteiger partial charge >= 0.3 is 17.9 Å². The van der Waals surface area contributed by atoms with Gasteiger partial charge in [0.2, 0.25) is 0 Å². The van der Waals surface area contributed by atoms with Crippen molar-refractivity contribution in [3.8, 4) is 0 Å². The van der Waals surface area contributed by atoms with Crippen molar-refractivity contribution in [3.05, 3.63) is 134 Å². The molecule has 0 spiro atoms. The molecule has 2 atom stereocenters. The largest absolute Gasteiger partial charge is 0.467 e. The first kappa shape index (κ1) is 37.3. The van der Waals surface area contributed by atoms with Crippen molar-refractivity contribution in [1.29, 1.82) is 0 Å². The summed E-state index contributed by atoms with van der Waals surface area (Å²) in [5, 5.41) is 17.2. The lowest BCUT2D eigenvalue weighted by molar-refractivity contribution is -0.384. The van der Waals surface area contributed by atoms with E-state index in [9.17, 15) is 38.1 Å². The van der Waals surface area contributed by atoms with E-state index >= 15 is 0 Å². The highest BCUT2D eigenvalue weighted by atomic mass is 19.1. The van der Waals surface area contributed by atoms with Crippen molar-refractivity contribution >= 4 is 40.8 Å². The number of fused-ring (bicyclic) bond motifs is 1. The first-order chi connectivity index (χ1) is 22.9. The van der Waals surface area contributed by atoms with Crippen LogP contribution in [-0.4, -0.2) is 49.9 Å². The molecule has 1 heterocycles. The number of ether oxygens (including phenoxy) is 3. The number of esters is 3. The standard InChI is InChI=1S/C17H15FN2O6.C17H14FNO3.CH4/c1-25-16(21)11-5-8-13(14(9-11)20(23)24)19-15(17(22)26-2)10-3-6-12(18)7-4-10;1-22-17(21)11-4-7-14-12(8-11)9-15(20)16(19-14)10-2-5-13(18)6-3-10;/h3-9,15,19H,1-2H3;2-8,16,19H,9H2,1H3;1H4. The fraction of sp³-hybridized carbons (Fsp3) is 0.200. The smallest absolute Gasteiger partial charge is 0.338 e. The van der Waals surface area contributed by atoms with Crippen molar-refractivity contribution in [3.63, 3.8) is 0 Å². The molecule has 5 rings (SSSR count). The summed E-state index contributed by atoms with van der Waals surface area (Å²) in [4.78, 5) is 58.1. The maximum absolute atomic E-state index is 13.1. The summed E-state index contributed by atoms with van der Waals surface area (Å²) < 4.78 is 40.0. The van der Waals surface area contributed by atoms with Gasteiger partial charge in [-0.25, -0.2) is 23.2 Å². The van der Waals surface area contributed by atoms with E-state index in [2.05, 4.69) is 20.1 Å². The van der Waals surface area contributed by atoms with E-state index in [0.29, 0.717) is 16.7 Å². The molecule has 0 fully saturated rings. The Morgan fingerprint density at radius 1 is 0.837 bits per heavy atom. The summed E-state index contributed by atoms with van der Waals surface area (Å²) in [5.74, 6) is -2.75. The molecule has 14 heteroatoms. The Kier molecular flexibility index (Phi) is 12.6. The van der Waals surface area contributed by atoms with Crippen LogP contribution in [0.5, 0.6) is 0 Å². The third-order valence-corrected chi connectivity index (χ3v) is 7.27. The van der Waals surface area contributed by atoms with Gasteiger partial charge in [0, 0.05) is 18.2 Å². The number of anilines is 2. The number of benzene rings is 4. The van der Waals surface area contributed by atoms with Gasteiger partial charge in [0.15, 0.2) is 11.8 Å². The Labute approximate surface area is 280 Å². The molecule has 0 amide bonds. The number of methoxy groups -OCH3 is 3. The number of halogens is 2. The zero-order valence-corrected chi connectivity index (χ0v) is 25.8. The third kappa shape index (κ3) is 9.00. The van der Waals surface area contributed by atoms with Crippen molar-refractivity contribution < 1.29 is 47.1 Å². The van der Waals surface area contributed by atoms with Crippen LogP contribution in [0.25, 0.3) is 0 Å². The molecule has 49 heavy (non-hydrogen) atoms. The number of carbonyl (C=O) groups is 4. The molecule has 256 valence electrons. The number of hydrogen-bond donors (Lipinski definition) is 2. The maximum Gasteiger partial charge on any atom is 0.338 e. The topological polar surface area (TPSA) is 163 Å². The van der Waals surface area contributed by atoms with Gasteiger partial charge in [0.25, 0.3) is 5.69 Å². The van der Waals surface area contributed by atoms with Crippen LogP contribution in [0.4, 0.5) is 25.8 Å². The second kappa shape index (κ2) is 16.6. The monoisotopic (exact) mass is 677 g/mol. The molecule has 12 nitrogen and oxygen atoms in total. The predicted molar refractivity (Wildman–Crippen MR) is 175 cm³/mol. The van der Waals surface area contributed by atoms with Crippen LogP contribution in [0.2, 0.25) is 0 Å². The van der Waals surface area contributed by atoms with E-state index in [4.69, 9.17) is 4.74 Å². The number of hydrogen-bond acceptors (Lipinski definition) is 11. The molecule has 1 aliphatic rings. The van der Waals surface area contributed by atoms with Gasteiger partial charge in [0.05, 0.1) is 37.4 Å². The molecule has 0 radical (unpaired) electrons. The summed E-state index contributed by atoms with van der Waals surface area (Å²) in [5.41, 5.74) is 2.58. The summed E-state index contributed by atoms with van der Waals surface area (Å²) in [6.45, 7) is 0. The highest BCUT2D eigenvalue weighted by Crippen LogP contribution is 2.32. The Morgan fingerprint density at radius 2 is 1.39 bits per heavy atom. The zero-order chi connectivity index (χ0) is 35.0. The van der Waals surface area contributed by atoms with Crippen molar-refractivity contribution in [2.75, 3.05) is 32.0 Å². The fourth-order valence-corrected chi connectivity index (χ4v) is 4.83. The van der Waals surface area contributed by atoms with Crippen LogP contribution in [0.3, 0.4) is 0 Å². The minimum absolute atomic E-state index is 0. The maximum atomic E-state index is 13.1. The minimum atomic E-state index is -1.11. The number of nitrogens with zero attached hydrogens (tertiary/aromatic N) is 1. The van der Waals surface area contributed by atoms with E-state index < -0.39 is 46.4 Å². The Morgan fingerprint density at radius 3 is 1.94 bits per heavy atom. The SMILES string of the molecule is C.COC(=O)c1ccc(NC(C(=O)OC)c2ccc(F)cc2)c([N+](=O)[O-])c1.COC(=O)c1ccc2c(c1)CC(=O)C(c1ccc(F)cc1)N2. The van der Waals surface area contributed by atoms with Crippen LogP contribution < -0.4 is 10.6 Å². The predicted octanol–water partition coefficient (Wildman–Crippen LogP) is 6.37. The average Bonchev–Trinajstić information content (AvgIpc) is 3.10. The molecule has 0 bridgehead atoms. The zero-order valence-electron chi connectivity index (χ0n) is 25.8. The van der Waals surface area contributed by atoms with Gasteiger partial charge in [0.1, 0.15) is 23.4 Å². The lowest BCUT2D eigenvalue weighted by Crippen LogP contribution is -2.28. The van der Waals surface area contributed by atoms with Gasteiger partial charge in [-0.15, -0.1) is 0 Å². The Bertz CT molecular complexity index is 1850. The molecule has 2 N–H and O–H groups in total. The second-order valence-corrected chi connectivity index (χ2v) is 10.3. The van der Waals surface area contributed by atoms with Crippen molar-refractivity contribution in [2.24, 2.45) is 0 Å². The first-order valence-corrected chi connectivity index (χ1v) is 14.2. The molecule has 4 aromatic rings. The van der Waals surface area contributed by atoms with Crippen molar-refractivity contribution in [1.82, 2.24) is 0 Å². The molecular weight excluding hydrogens is 644 g/mol. The number of nitrogens with one attached hydrogen (secondary N) is 2. The van der Waals surface area contributed by atoms with Crippen LogP contribution in [0, 0.1) is 21.7 Å². The molecule has 0 aromatic heterocycles. The number of rotatable bonds is 8. The molecular formula is C35H33F2N3O9. The van der Waals surface area contributed by atoms with E-state index in [1.54, 1.807) is 30.3 Å². The Balaban J connectivity index is 0.000000263. The summed E-state index contributed by atoms with van der Waals surface area (Å²) in [7, 11) is 3.63. The van der Waals surface area contributed by atoms with Gasteiger partial charge in [-0.3, -0.25) is 14.9 Å². The molecule has 0 aliphatic carbocycles. The van der Waals surface area contributed by atoms with Gasteiger partial charge in [-0.05, 0) is 71.3 Å². The van der Waals surface area contributed by atoms with Crippen LogP contribution in [0.15, 0.2) is 84.9 Å². The molecule has 2 unspecified atom stereocenters. The van der Waals surface area contributed by atoms with E-state index in [1.807, 2.05) is 0 Å². The van der Waals surface area contributed by atoms with E-state index in [1.165, 1.54) is 43.5 Å². The fourth-order valence-electron chi connectivity index (χ4n) is 4.83. The number of nitro benzene ring substituents is 1. The van der Waals surface area contributed by atoms with Gasteiger partial charge < -0.3 is 24.8 Å². The van der Waals surface area contributed by atoms with E-state index in [-0.39, 0.29) is 36.7 Å². The number of ketones is 1. The third-order valence-electron chi connectivity index (χ3n) is 7.27. The van der Waals surface area contributed by atoms with E-state index in [0.717, 1.165) is 43.7 Å². The normalized spacial score (nSPS) is 13.5. The highest BCUT2D eigenvalue weighted by molar-refractivity contribution is 5.96. The van der Waals surface area contributed by atoms with Crippen LogP contribution >= 0.6 is 0 Å². The molecule has 0 saturated heterocycles. The highest BCUT2D eigenvalue weighted by Gasteiger charge is 2.28. The first-order valence-electron chi connectivity index (χ1n) is 14.2. The van der Waals surface area contributed by atoms with Crippen LogP contribution in [0.1, 0.15) is 56.9 Å². The molecule has 4 aromatic carbocycles. The van der Waals surface area contributed by atoms with Crippen molar-refractivity contribution in [2.45, 2.75) is 25.9 Å². The van der Waals surface area contributed by atoms with Gasteiger partial charge in [-0.1, -0.05) is 31.7 Å². The molecule has 1 aliphatic heterocycles. The Hall–Kier alpha value is -6.18. The van der Waals surface area contributed by atoms with Crippen LogP contribution in [-0.2, 0) is 30.2 Å². The number of nitro groups is 1. The summed E-state index contributed by atoms with van der Waals surface area (Å²) >= 11 is 0. The second-order valence-electron chi connectivity index (χ2n) is 10.3. The lowest BCUT2D eigenvalue weighted by Gasteiger charge is -2.26. The molecule has 0 saturated carbocycles. The average molecular weight is 678 g/mol. The van der Waals surface area contributed by atoms with Gasteiger partial charge in [-0.2, -0.15) is 0 Å². The minimum Gasteiger partial charge on any atom is -0.467 e. The lowest BCUT2D eigenvalue weighted by atomic mass is 9.91. The number of Topliss-reactive ketones (excluding diaryl/α,β-unsaturated/α-hetero) is 1. The summed E-state index contributed by atoms with van der Waals surface area (Å²) in [6, 6.07) is 18.0.